The normalized spacial score (nSPS) is 13.6. The second-order valence-electron chi connectivity index (χ2n) is 5.69. The van der Waals surface area contributed by atoms with Crippen molar-refractivity contribution in [1.82, 2.24) is 0 Å². The van der Waals surface area contributed by atoms with Gasteiger partial charge in [0, 0.05) is 25.3 Å². The first-order valence-corrected chi connectivity index (χ1v) is 5.84. The zero-order chi connectivity index (χ0) is 12.3. The molecule has 0 saturated heterocycles. The maximum atomic E-state index is 6.19. The van der Waals surface area contributed by atoms with Crippen LogP contribution in [0.3, 0.4) is 0 Å². The van der Waals surface area contributed by atoms with Crippen LogP contribution in [0, 0.1) is 12.3 Å². The summed E-state index contributed by atoms with van der Waals surface area (Å²) in [7, 11) is 2.10. The molecular formula is C14H24N2. The Balaban J connectivity index is 2.69. The minimum Gasteiger partial charge on any atom is -0.373 e. The second-order valence-corrected chi connectivity index (χ2v) is 5.69. The van der Waals surface area contributed by atoms with Crippen molar-refractivity contribution in [2.24, 2.45) is 11.1 Å². The first-order valence-electron chi connectivity index (χ1n) is 5.84. The van der Waals surface area contributed by atoms with E-state index >= 15 is 0 Å². The molecule has 0 aliphatic rings. The summed E-state index contributed by atoms with van der Waals surface area (Å²) in [4.78, 5) is 2.23. The SMILES string of the molecule is Cc1cccc(N(C)CC(N)C(C)(C)C)c1. The Bertz CT molecular complexity index is 339. The van der Waals surface area contributed by atoms with Crippen molar-refractivity contribution < 1.29 is 0 Å². The fraction of sp³-hybridized carbons (Fsp3) is 0.571. The summed E-state index contributed by atoms with van der Waals surface area (Å²) in [6, 6.07) is 8.70. The molecule has 0 aromatic heterocycles. The number of hydrogen-bond donors (Lipinski definition) is 1. The van der Waals surface area contributed by atoms with Gasteiger partial charge in [0.1, 0.15) is 0 Å². The van der Waals surface area contributed by atoms with Crippen molar-refractivity contribution in [2.45, 2.75) is 33.7 Å². The number of nitrogens with two attached hydrogens (primary N) is 1. The third kappa shape index (κ3) is 3.53. The van der Waals surface area contributed by atoms with E-state index in [0.717, 1.165) is 6.54 Å². The van der Waals surface area contributed by atoms with Gasteiger partial charge in [0.05, 0.1) is 0 Å². The Hall–Kier alpha value is -1.02. The summed E-state index contributed by atoms with van der Waals surface area (Å²) in [5, 5.41) is 0. The zero-order valence-electron chi connectivity index (χ0n) is 11.1. The zero-order valence-corrected chi connectivity index (χ0v) is 11.1. The molecule has 16 heavy (non-hydrogen) atoms. The van der Waals surface area contributed by atoms with E-state index in [9.17, 15) is 0 Å². The highest BCUT2D eigenvalue weighted by molar-refractivity contribution is 5.47. The molecule has 0 saturated carbocycles. The highest BCUT2D eigenvalue weighted by Crippen LogP contribution is 2.20. The number of likely N-dealkylation sites (N-methyl/N-ethyl adjacent to an activating group) is 1. The lowest BCUT2D eigenvalue weighted by Gasteiger charge is -2.32. The Morgan fingerprint density at radius 2 is 1.94 bits per heavy atom. The van der Waals surface area contributed by atoms with Crippen molar-refractivity contribution in [1.29, 1.82) is 0 Å². The van der Waals surface area contributed by atoms with Crippen LogP contribution in [0.1, 0.15) is 26.3 Å². The predicted molar refractivity (Wildman–Crippen MR) is 71.9 cm³/mol. The van der Waals surface area contributed by atoms with Crippen LogP contribution in [0.5, 0.6) is 0 Å². The monoisotopic (exact) mass is 220 g/mol. The lowest BCUT2D eigenvalue weighted by Crippen LogP contribution is -2.44. The van der Waals surface area contributed by atoms with Crippen LogP contribution in [0.4, 0.5) is 5.69 Å². The van der Waals surface area contributed by atoms with Gasteiger partial charge in [0.15, 0.2) is 0 Å². The van der Waals surface area contributed by atoms with Gasteiger partial charge < -0.3 is 10.6 Å². The first-order chi connectivity index (χ1) is 7.30. The highest BCUT2D eigenvalue weighted by Gasteiger charge is 2.21. The minimum atomic E-state index is 0.151. The maximum absolute atomic E-state index is 6.19. The molecule has 1 aromatic rings. The molecule has 1 unspecified atom stereocenters. The van der Waals surface area contributed by atoms with Crippen LogP contribution in [-0.2, 0) is 0 Å². The molecule has 1 aromatic carbocycles. The summed E-state index contributed by atoms with van der Waals surface area (Å²) in [6.45, 7) is 9.54. The summed E-state index contributed by atoms with van der Waals surface area (Å²) < 4.78 is 0. The fourth-order valence-corrected chi connectivity index (χ4v) is 1.54. The van der Waals surface area contributed by atoms with Gasteiger partial charge >= 0.3 is 0 Å². The molecule has 1 rings (SSSR count). The van der Waals surface area contributed by atoms with Gasteiger partial charge in [-0.3, -0.25) is 0 Å². The molecule has 2 N–H and O–H groups in total. The van der Waals surface area contributed by atoms with Crippen LogP contribution in [0.25, 0.3) is 0 Å². The number of hydrogen-bond acceptors (Lipinski definition) is 2. The van der Waals surface area contributed by atoms with Crippen molar-refractivity contribution in [2.75, 3.05) is 18.5 Å². The molecule has 0 aliphatic heterocycles. The topological polar surface area (TPSA) is 29.3 Å². The highest BCUT2D eigenvalue weighted by atomic mass is 15.1. The largest absolute Gasteiger partial charge is 0.373 e. The molecule has 90 valence electrons. The Morgan fingerprint density at radius 1 is 1.31 bits per heavy atom. The summed E-state index contributed by atoms with van der Waals surface area (Å²) in [5.41, 5.74) is 8.86. The van der Waals surface area contributed by atoms with Crippen LogP contribution >= 0.6 is 0 Å². The van der Waals surface area contributed by atoms with Crippen molar-refractivity contribution in [3.05, 3.63) is 29.8 Å². The second kappa shape index (κ2) is 4.88. The molecular weight excluding hydrogens is 196 g/mol. The van der Waals surface area contributed by atoms with E-state index in [0.29, 0.717) is 0 Å². The summed E-state index contributed by atoms with van der Waals surface area (Å²) in [6.07, 6.45) is 0. The fourth-order valence-electron chi connectivity index (χ4n) is 1.54. The van der Waals surface area contributed by atoms with Gasteiger partial charge in [0.2, 0.25) is 0 Å². The van der Waals surface area contributed by atoms with Crippen molar-refractivity contribution in [3.8, 4) is 0 Å². The number of benzene rings is 1. The van der Waals surface area contributed by atoms with Crippen molar-refractivity contribution in [3.63, 3.8) is 0 Å². The van der Waals surface area contributed by atoms with E-state index in [2.05, 4.69) is 63.9 Å². The Labute approximate surface area is 99.5 Å². The Kier molecular flexibility index (Phi) is 3.98. The third-order valence-corrected chi connectivity index (χ3v) is 3.03. The maximum Gasteiger partial charge on any atom is 0.0366 e. The number of rotatable bonds is 3. The molecule has 2 heteroatoms. The van der Waals surface area contributed by atoms with E-state index in [-0.39, 0.29) is 11.5 Å². The van der Waals surface area contributed by atoms with E-state index in [1.807, 2.05) is 0 Å². The number of nitrogens with zero attached hydrogens (tertiary/aromatic N) is 1. The van der Waals surface area contributed by atoms with Gasteiger partial charge in [-0.25, -0.2) is 0 Å². The molecule has 0 spiro atoms. The van der Waals surface area contributed by atoms with Crippen LogP contribution in [0.2, 0.25) is 0 Å². The third-order valence-electron chi connectivity index (χ3n) is 3.03. The first kappa shape index (κ1) is 13.0. The lowest BCUT2D eigenvalue weighted by molar-refractivity contribution is 0.323. The molecule has 2 nitrogen and oxygen atoms in total. The number of aryl methyl sites for hydroxylation is 1. The van der Waals surface area contributed by atoms with Gasteiger partial charge in [-0.2, -0.15) is 0 Å². The van der Waals surface area contributed by atoms with E-state index in [4.69, 9.17) is 5.73 Å². The van der Waals surface area contributed by atoms with E-state index in [1.165, 1.54) is 11.3 Å². The molecule has 0 heterocycles. The van der Waals surface area contributed by atoms with E-state index in [1.54, 1.807) is 0 Å². The molecule has 0 aliphatic carbocycles. The number of anilines is 1. The average Bonchev–Trinajstić information content (AvgIpc) is 2.16. The molecule has 0 amide bonds. The molecule has 0 bridgehead atoms. The van der Waals surface area contributed by atoms with Gasteiger partial charge in [-0.1, -0.05) is 32.9 Å². The summed E-state index contributed by atoms with van der Waals surface area (Å²) in [5.74, 6) is 0. The standard InChI is InChI=1S/C14H24N2/c1-11-7-6-8-12(9-11)16(5)10-13(15)14(2,3)4/h6-9,13H,10,15H2,1-5H3. The van der Waals surface area contributed by atoms with Gasteiger partial charge in [-0.05, 0) is 30.0 Å². The molecule has 0 radical (unpaired) electrons. The average molecular weight is 220 g/mol. The van der Waals surface area contributed by atoms with Crippen LogP contribution in [0.15, 0.2) is 24.3 Å². The molecule has 1 atom stereocenters. The van der Waals surface area contributed by atoms with Gasteiger partial charge in [0.25, 0.3) is 0 Å². The predicted octanol–water partition coefficient (Wildman–Crippen LogP) is 2.80. The minimum absolute atomic E-state index is 0.151. The molecule has 0 fully saturated rings. The van der Waals surface area contributed by atoms with Crippen molar-refractivity contribution >= 4 is 5.69 Å². The van der Waals surface area contributed by atoms with Crippen LogP contribution in [-0.4, -0.2) is 19.6 Å². The Morgan fingerprint density at radius 3 is 2.44 bits per heavy atom. The van der Waals surface area contributed by atoms with E-state index < -0.39 is 0 Å². The van der Waals surface area contributed by atoms with Gasteiger partial charge in [-0.15, -0.1) is 0 Å². The smallest absolute Gasteiger partial charge is 0.0366 e. The summed E-state index contributed by atoms with van der Waals surface area (Å²) >= 11 is 0. The van der Waals surface area contributed by atoms with Crippen LogP contribution < -0.4 is 10.6 Å². The lowest BCUT2D eigenvalue weighted by atomic mass is 9.87. The quantitative estimate of drug-likeness (QED) is 0.848.